The van der Waals surface area contributed by atoms with Crippen LogP contribution in [0.15, 0.2) is 75.6 Å². The zero-order valence-corrected chi connectivity index (χ0v) is 17.3. The number of nitro benzene ring substituents is 3. The number of hydrogen-bond donors (Lipinski definition) is 1. The largest absolute Gasteiger partial charge is 0.301 e. The van der Waals surface area contributed by atoms with Gasteiger partial charge < -0.3 is 0 Å². The van der Waals surface area contributed by atoms with Crippen LogP contribution in [0.25, 0.3) is 0 Å². The maximum atomic E-state index is 11.5. The van der Waals surface area contributed by atoms with Gasteiger partial charge in [-0.1, -0.05) is 35.5 Å². The number of non-ortho nitro benzene ring substituents is 1. The highest BCUT2D eigenvalue weighted by atomic mass is 32.2. The second kappa shape index (κ2) is 9.66. The van der Waals surface area contributed by atoms with Crippen LogP contribution in [0.1, 0.15) is 11.1 Å². The van der Waals surface area contributed by atoms with E-state index in [4.69, 9.17) is 0 Å². The number of benzene rings is 3. The molecule has 1 N–H and O–H groups in total. The fourth-order valence-electron chi connectivity index (χ4n) is 2.63. The van der Waals surface area contributed by atoms with Crippen LogP contribution >= 0.6 is 11.8 Å². The molecule has 0 fully saturated rings. The fraction of sp³-hybridized carbons (Fsp3) is 0.0500. The highest BCUT2D eigenvalue weighted by Crippen LogP contribution is 2.35. The highest BCUT2D eigenvalue weighted by Gasteiger charge is 2.19. The molecule has 0 aliphatic carbocycles. The van der Waals surface area contributed by atoms with Crippen LogP contribution in [-0.2, 0) is 0 Å². The van der Waals surface area contributed by atoms with Gasteiger partial charge in [0.2, 0.25) is 0 Å². The van der Waals surface area contributed by atoms with Gasteiger partial charge in [-0.15, -0.1) is 0 Å². The lowest BCUT2D eigenvalue weighted by Gasteiger charge is -2.05. The molecule has 12 heteroatoms. The molecular weight excluding hydrogens is 438 g/mol. The molecule has 3 aromatic carbocycles. The molecule has 0 bridgehead atoms. The lowest BCUT2D eigenvalue weighted by Crippen LogP contribution is -1.99. The van der Waals surface area contributed by atoms with E-state index in [1.807, 2.05) is 31.2 Å². The quantitative estimate of drug-likeness (QED) is 0.273. The van der Waals surface area contributed by atoms with Gasteiger partial charge in [-0.3, -0.25) is 35.8 Å². The minimum absolute atomic E-state index is 0.0575. The molecule has 0 atom stereocenters. The van der Waals surface area contributed by atoms with Crippen molar-refractivity contribution in [1.29, 1.82) is 0 Å². The minimum atomic E-state index is -0.771. The summed E-state index contributed by atoms with van der Waals surface area (Å²) in [6, 6.07) is 15.2. The van der Waals surface area contributed by atoms with E-state index in [2.05, 4.69) is 10.5 Å². The fourth-order valence-corrected chi connectivity index (χ4v) is 3.53. The Balaban J connectivity index is 1.81. The number of hydrazone groups is 1. The molecule has 0 aromatic heterocycles. The van der Waals surface area contributed by atoms with Crippen LogP contribution in [0.5, 0.6) is 0 Å². The van der Waals surface area contributed by atoms with E-state index >= 15 is 0 Å². The number of nitrogens with one attached hydrogen (secondary N) is 1. The molecule has 3 rings (SSSR count). The lowest BCUT2D eigenvalue weighted by molar-refractivity contribution is -0.393. The van der Waals surface area contributed by atoms with Crippen molar-refractivity contribution in [3.8, 4) is 0 Å². The predicted octanol–water partition coefficient (Wildman–Crippen LogP) is 5.32. The first-order chi connectivity index (χ1) is 15.2. The Labute approximate surface area is 185 Å². The highest BCUT2D eigenvalue weighted by molar-refractivity contribution is 7.99. The van der Waals surface area contributed by atoms with Gasteiger partial charge >= 0.3 is 5.69 Å². The number of hydrogen-bond acceptors (Lipinski definition) is 9. The number of nitro groups is 3. The van der Waals surface area contributed by atoms with Crippen molar-refractivity contribution in [2.24, 2.45) is 5.10 Å². The van der Waals surface area contributed by atoms with E-state index in [0.29, 0.717) is 10.5 Å². The molecule has 162 valence electrons. The summed E-state index contributed by atoms with van der Waals surface area (Å²) >= 11 is 1.26. The van der Waals surface area contributed by atoms with Crippen molar-refractivity contribution in [2.45, 2.75) is 16.7 Å². The molecule has 0 amide bonds. The first-order valence-electron chi connectivity index (χ1n) is 8.99. The van der Waals surface area contributed by atoms with Crippen molar-refractivity contribution in [3.05, 3.63) is 102 Å². The number of anilines is 1. The van der Waals surface area contributed by atoms with E-state index in [1.165, 1.54) is 24.0 Å². The minimum Gasteiger partial charge on any atom is -0.272 e. The van der Waals surface area contributed by atoms with Crippen molar-refractivity contribution >= 4 is 40.7 Å². The summed E-state index contributed by atoms with van der Waals surface area (Å²) < 4.78 is 0. The zero-order valence-electron chi connectivity index (χ0n) is 16.5. The van der Waals surface area contributed by atoms with Crippen LogP contribution in [-0.4, -0.2) is 21.0 Å². The summed E-state index contributed by atoms with van der Waals surface area (Å²) in [5.41, 5.74) is 2.80. The molecular formula is C20H15N5O6S. The van der Waals surface area contributed by atoms with Crippen molar-refractivity contribution in [2.75, 3.05) is 5.43 Å². The maximum absolute atomic E-state index is 11.5. The SMILES string of the molecule is Cc1ccc(Sc2ccc(/C=N\Nc3ccc([N+](=O)[O-])cc3[N+](=O)[O-])cc2[N+](=O)[O-])cc1. The maximum Gasteiger partial charge on any atom is 0.301 e. The Bertz CT molecular complexity index is 1230. The number of rotatable bonds is 8. The van der Waals surface area contributed by atoms with Gasteiger partial charge in [0.05, 0.1) is 31.9 Å². The Morgan fingerprint density at radius 3 is 2.16 bits per heavy atom. The molecule has 0 spiro atoms. The summed E-state index contributed by atoms with van der Waals surface area (Å²) in [5, 5.41) is 37.4. The Hall–Kier alpha value is -4.32. The van der Waals surface area contributed by atoms with E-state index < -0.39 is 26.1 Å². The average Bonchev–Trinajstić information content (AvgIpc) is 2.76. The van der Waals surface area contributed by atoms with Crippen LogP contribution < -0.4 is 5.43 Å². The molecule has 0 aliphatic heterocycles. The summed E-state index contributed by atoms with van der Waals surface area (Å²) in [7, 11) is 0. The van der Waals surface area contributed by atoms with Gasteiger partial charge in [-0.25, -0.2) is 0 Å². The van der Waals surface area contributed by atoms with Gasteiger partial charge in [0.15, 0.2) is 0 Å². The van der Waals surface area contributed by atoms with Crippen LogP contribution in [0, 0.1) is 37.3 Å². The standard InChI is InChI=1S/C20H15N5O6S/c1-13-2-6-16(7-3-13)32-20-9-4-14(10-19(20)25(30)31)12-21-22-17-8-5-15(23(26)27)11-18(17)24(28)29/h2-12,22H,1H3/b21-12-. The molecule has 3 aromatic rings. The van der Waals surface area contributed by atoms with E-state index in [0.717, 1.165) is 28.7 Å². The Kier molecular flexibility index (Phi) is 6.75. The van der Waals surface area contributed by atoms with E-state index in [1.54, 1.807) is 12.1 Å². The number of nitrogens with zero attached hydrogens (tertiary/aromatic N) is 4. The Morgan fingerprint density at radius 2 is 1.53 bits per heavy atom. The van der Waals surface area contributed by atoms with Gasteiger partial charge in [0.1, 0.15) is 5.69 Å². The van der Waals surface area contributed by atoms with Crippen molar-refractivity contribution in [1.82, 2.24) is 0 Å². The second-order valence-corrected chi connectivity index (χ2v) is 7.60. The van der Waals surface area contributed by atoms with Gasteiger partial charge in [-0.2, -0.15) is 5.10 Å². The van der Waals surface area contributed by atoms with Crippen LogP contribution in [0.3, 0.4) is 0 Å². The third-order valence-corrected chi connectivity index (χ3v) is 5.29. The molecule has 0 saturated heterocycles. The third-order valence-electron chi connectivity index (χ3n) is 4.22. The summed E-state index contributed by atoms with van der Waals surface area (Å²) in [4.78, 5) is 32.8. The topological polar surface area (TPSA) is 154 Å². The van der Waals surface area contributed by atoms with Gasteiger partial charge in [0, 0.05) is 22.6 Å². The van der Waals surface area contributed by atoms with E-state index in [-0.39, 0.29) is 11.4 Å². The molecule has 0 unspecified atom stereocenters. The average molecular weight is 453 g/mol. The lowest BCUT2D eigenvalue weighted by atomic mass is 10.2. The summed E-state index contributed by atoms with van der Waals surface area (Å²) in [6.45, 7) is 1.95. The zero-order chi connectivity index (χ0) is 23.3. The molecule has 0 heterocycles. The molecule has 0 aliphatic rings. The van der Waals surface area contributed by atoms with Crippen LogP contribution in [0.4, 0.5) is 22.7 Å². The molecule has 11 nitrogen and oxygen atoms in total. The molecule has 32 heavy (non-hydrogen) atoms. The van der Waals surface area contributed by atoms with Gasteiger partial charge in [0.25, 0.3) is 11.4 Å². The second-order valence-electron chi connectivity index (χ2n) is 6.49. The first-order valence-corrected chi connectivity index (χ1v) is 9.81. The van der Waals surface area contributed by atoms with Gasteiger partial charge in [-0.05, 0) is 31.2 Å². The predicted molar refractivity (Wildman–Crippen MR) is 119 cm³/mol. The summed E-state index contributed by atoms with van der Waals surface area (Å²) in [6.07, 6.45) is 1.26. The van der Waals surface area contributed by atoms with Crippen molar-refractivity contribution < 1.29 is 14.8 Å². The van der Waals surface area contributed by atoms with E-state index in [9.17, 15) is 30.3 Å². The normalized spacial score (nSPS) is 10.8. The van der Waals surface area contributed by atoms with Crippen LogP contribution in [0.2, 0.25) is 0 Å². The summed E-state index contributed by atoms with van der Waals surface area (Å²) in [5.74, 6) is 0. The molecule has 0 radical (unpaired) electrons. The Morgan fingerprint density at radius 1 is 0.844 bits per heavy atom. The number of aryl methyl sites for hydroxylation is 1. The molecule has 0 saturated carbocycles. The monoisotopic (exact) mass is 453 g/mol. The first kappa shape index (κ1) is 22.4. The smallest absolute Gasteiger partial charge is 0.272 e. The third kappa shape index (κ3) is 5.43. The van der Waals surface area contributed by atoms with Crippen molar-refractivity contribution in [3.63, 3.8) is 0 Å².